The molecule has 0 atom stereocenters. The molecule has 106 valence electrons. The summed E-state index contributed by atoms with van der Waals surface area (Å²) in [6.07, 6.45) is -2.97. The molecule has 1 saturated heterocycles. The third-order valence-corrected chi connectivity index (χ3v) is 3.38. The number of piperidine rings is 1. The van der Waals surface area contributed by atoms with E-state index in [1.807, 2.05) is 0 Å². The van der Waals surface area contributed by atoms with Crippen LogP contribution >= 0.6 is 0 Å². The molecule has 1 aliphatic rings. The largest absolute Gasteiger partial charge is 0.392 e. The molecule has 0 bridgehead atoms. The van der Waals surface area contributed by atoms with Crippen molar-refractivity contribution < 1.29 is 22.7 Å². The van der Waals surface area contributed by atoms with Gasteiger partial charge < -0.3 is 10.0 Å². The van der Waals surface area contributed by atoms with Crippen molar-refractivity contribution in [1.29, 1.82) is 0 Å². The molecule has 0 unspecified atom stereocenters. The summed E-state index contributed by atoms with van der Waals surface area (Å²) in [4.78, 5) is 5.35. The van der Waals surface area contributed by atoms with Gasteiger partial charge in [-0.25, -0.2) is 9.37 Å². The van der Waals surface area contributed by atoms with Gasteiger partial charge in [0.2, 0.25) is 0 Å². The van der Waals surface area contributed by atoms with E-state index >= 15 is 0 Å². The van der Waals surface area contributed by atoms with Gasteiger partial charge in [0.25, 0.3) is 0 Å². The highest BCUT2D eigenvalue weighted by Gasteiger charge is 2.41. The summed E-state index contributed by atoms with van der Waals surface area (Å²) in [6, 6.07) is 1.35. The van der Waals surface area contributed by atoms with Crippen LogP contribution in [0.15, 0.2) is 12.3 Å². The van der Waals surface area contributed by atoms with Crippen LogP contribution in [0, 0.1) is 11.7 Å². The summed E-state index contributed by atoms with van der Waals surface area (Å²) in [6.45, 7) is -0.230. The topological polar surface area (TPSA) is 36.4 Å². The lowest BCUT2D eigenvalue weighted by Gasteiger charge is -2.33. The lowest BCUT2D eigenvalue weighted by Crippen LogP contribution is -2.39. The highest BCUT2D eigenvalue weighted by atomic mass is 19.4. The Bertz CT molecular complexity index is 442. The van der Waals surface area contributed by atoms with Crippen molar-refractivity contribution in [2.45, 2.75) is 25.6 Å². The molecule has 0 saturated carbocycles. The van der Waals surface area contributed by atoms with E-state index < -0.39 is 24.5 Å². The van der Waals surface area contributed by atoms with Crippen LogP contribution in [-0.2, 0) is 6.61 Å². The van der Waals surface area contributed by atoms with Crippen molar-refractivity contribution in [3.8, 4) is 0 Å². The number of hydrogen-bond donors (Lipinski definition) is 1. The van der Waals surface area contributed by atoms with E-state index in [0.29, 0.717) is 0 Å². The molecule has 0 aliphatic carbocycles. The zero-order valence-corrected chi connectivity index (χ0v) is 10.1. The number of rotatable bonds is 2. The average molecular weight is 278 g/mol. The van der Waals surface area contributed by atoms with E-state index in [1.165, 1.54) is 17.2 Å². The number of pyridine rings is 1. The zero-order chi connectivity index (χ0) is 14.0. The van der Waals surface area contributed by atoms with Gasteiger partial charge in [0, 0.05) is 24.8 Å². The van der Waals surface area contributed by atoms with Gasteiger partial charge >= 0.3 is 6.18 Å². The van der Waals surface area contributed by atoms with Gasteiger partial charge in [0.15, 0.2) is 11.6 Å². The summed E-state index contributed by atoms with van der Waals surface area (Å²) in [5, 5.41) is 8.95. The third kappa shape index (κ3) is 2.97. The molecule has 2 rings (SSSR count). The summed E-state index contributed by atoms with van der Waals surface area (Å²) in [5.74, 6) is -1.96. The standard InChI is InChI=1S/C12H14F4N2O/c13-10-8(7-19)1-4-17-11(10)18-5-2-9(3-6-18)12(14,15)16/h1,4,9,19H,2-3,5-7H2. The molecule has 7 heteroatoms. The van der Waals surface area contributed by atoms with Crippen LogP contribution in [0.3, 0.4) is 0 Å². The van der Waals surface area contributed by atoms with Crippen molar-refractivity contribution in [2.75, 3.05) is 18.0 Å². The van der Waals surface area contributed by atoms with Gasteiger partial charge in [-0.05, 0) is 18.9 Å². The molecule has 1 aromatic rings. The van der Waals surface area contributed by atoms with Gasteiger partial charge in [-0.3, -0.25) is 0 Å². The van der Waals surface area contributed by atoms with Crippen LogP contribution in [0.5, 0.6) is 0 Å². The van der Waals surface area contributed by atoms with Crippen LogP contribution in [-0.4, -0.2) is 29.4 Å². The lowest BCUT2D eigenvalue weighted by atomic mass is 9.96. The minimum Gasteiger partial charge on any atom is -0.392 e. The minimum absolute atomic E-state index is 0.0205. The monoisotopic (exact) mass is 278 g/mol. The van der Waals surface area contributed by atoms with Crippen LogP contribution in [0.1, 0.15) is 18.4 Å². The Labute approximate surface area is 107 Å². The first-order valence-corrected chi connectivity index (χ1v) is 5.99. The quantitative estimate of drug-likeness (QED) is 0.844. The smallest absolute Gasteiger partial charge is 0.391 e. The van der Waals surface area contributed by atoms with Crippen LogP contribution in [0.4, 0.5) is 23.4 Å². The van der Waals surface area contributed by atoms with Crippen molar-refractivity contribution in [1.82, 2.24) is 4.98 Å². The molecule has 1 aromatic heterocycles. The molecule has 1 aliphatic heterocycles. The molecular weight excluding hydrogens is 264 g/mol. The first-order valence-electron chi connectivity index (χ1n) is 5.99. The normalized spacial score (nSPS) is 17.8. The molecule has 0 spiro atoms. The summed E-state index contributed by atoms with van der Waals surface area (Å²) in [5.41, 5.74) is 0.0999. The molecule has 19 heavy (non-hydrogen) atoms. The third-order valence-electron chi connectivity index (χ3n) is 3.38. The second kappa shape index (κ2) is 5.32. The van der Waals surface area contributed by atoms with E-state index in [2.05, 4.69) is 4.98 Å². The number of aliphatic hydroxyl groups is 1. The lowest BCUT2D eigenvalue weighted by molar-refractivity contribution is -0.179. The van der Waals surface area contributed by atoms with Crippen molar-refractivity contribution in [3.05, 3.63) is 23.6 Å². The van der Waals surface area contributed by atoms with Gasteiger partial charge in [0.05, 0.1) is 12.5 Å². The zero-order valence-electron chi connectivity index (χ0n) is 10.1. The molecule has 0 radical (unpaired) electrons. The first-order chi connectivity index (χ1) is 8.93. The van der Waals surface area contributed by atoms with E-state index in [9.17, 15) is 17.6 Å². The molecule has 0 aromatic carbocycles. The number of halogens is 4. The number of hydrogen-bond acceptors (Lipinski definition) is 3. The van der Waals surface area contributed by atoms with Gasteiger partial charge in [-0.15, -0.1) is 0 Å². The molecule has 2 heterocycles. The summed E-state index contributed by atoms with van der Waals surface area (Å²) >= 11 is 0. The Hall–Kier alpha value is -1.37. The number of nitrogens with zero attached hydrogens (tertiary/aromatic N) is 2. The fourth-order valence-corrected chi connectivity index (χ4v) is 2.23. The first kappa shape index (κ1) is 14.0. The van der Waals surface area contributed by atoms with Crippen LogP contribution in [0.2, 0.25) is 0 Å². The van der Waals surface area contributed by atoms with Crippen LogP contribution < -0.4 is 4.90 Å². The predicted octanol–water partition coefficient (Wildman–Crippen LogP) is 2.49. The number of aliphatic hydroxyl groups excluding tert-OH is 1. The Balaban J connectivity index is 2.10. The Morgan fingerprint density at radius 1 is 1.32 bits per heavy atom. The molecule has 1 N–H and O–H groups in total. The maximum Gasteiger partial charge on any atom is 0.391 e. The minimum atomic E-state index is -4.19. The SMILES string of the molecule is OCc1ccnc(N2CCC(C(F)(F)F)CC2)c1F. The Morgan fingerprint density at radius 2 is 1.95 bits per heavy atom. The molecule has 3 nitrogen and oxygen atoms in total. The molecule has 1 fully saturated rings. The van der Waals surface area contributed by atoms with Crippen molar-refractivity contribution in [2.24, 2.45) is 5.92 Å². The maximum atomic E-state index is 13.9. The van der Waals surface area contributed by atoms with Gasteiger partial charge in [-0.2, -0.15) is 13.2 Å². The van der Waals surface area contributed by atoms with Crippen LogP contribution in [0.25, 0.3) is 0 Å². The fourth-order valence-electron chi connectivity index (χ4n) is 2.23. The van der Waals surface area contributed by atoms with E-state index in [4.69, 9.17) is 5.11 Å². The Morgan fingerprint density at radius 3 is 2.47 bits per heavy atom. The number of aromatic nitrogens is 1. The van der Waals surface area contributed by atoms with Crippen molar-refractivity contribution in [3.63, 3.8) is 0 Å². The fraction of sp³-hybridized carbons (Fsp3) is 0.583. The van der Waals surface area contributed by atoms with E-state index in [-0.39, 0.29) is 37.3 Å². The maximum absolute atomic E-state index is 13.9. The summed E-state index contributed by atoms with van der Waals surface area (Å²) < 4.78 is 51.5. The molecule has 0 amide bonds. The molecular formula is C12H14F4N2O. The van der Waals surface area contributed by atoms with E-state index in [0.717, 1.165) is 0 Å². The average Bonchev–Trinajstić information content (AvgIpc) is 2.38. The highest BCUT2D eigenvalue weighted by Crippen LogP contribution is 2.35. The second-order valence-corrected chi connectivity index (χ2v) is 4.57. The summed E-state index contributed by atoms with van der Waals surface area (Å²) in [7, 11) is 0. The Kier molecular flexibility index (Phi) is 3.93. The van der Waals surface area contributed by atoms with Crippen molar-refractivity contribution >= 4 is 5.82 Å². The number of alkyl halides is 3. The van der Waals surface area contributed by atoms with Gasteiger partial charge in [-0.1, -0.05) is 0 Å². The predicted molar refractivity (Wildman–Crippen MR) is 61.1 cm³/mol. The van der Waals surface area contributed by atoms with Gasteiger partial charge in [0.1, 0.15) is 0 Å². The van der Waals surface area contributed by atoms with E-state index in [1.54, 1.807) is 0 Å². The number of anilines is 1. The highest BCUT2D eigenvalue weighted by molar-refractivity contribution is 5.43. The second-order valence-electron chi connectivity index (χ2n) is 4.57.